The normalized spacial score (nSPS) is 16.8. The van der Waals surface area contributed by atoms with Gasteiger partial charge in [0.15, 0.2) is 5.52 Å². The molecule has 0 bridgehead atoms. The van der Waals surface area contributed by atoms with Crippen LogP contribution in [0.4, 0.5) is 0 Å². The molecule has 1 saturated heterocycles. The van der Waals surface area contributed by atoms with Gasteiger partial charge in [-0.1, -0.05) is 33.1 Å². The first kappa shape index (κ1) is 39.2. The van der Waals surface area contributed by atoms with Gasteiger partial charge in [-0.15, -0.1) is 0 Å². The molecule has 1 fully saturated rings. The molecule has 3 atom stereocenters. The van der Waals surface area contributed by atoms with Crippen molar-refractivity contribution in [2.24, 2.45) is 5.92 Å². The van der Waals surface area contributed by atoms with E-state index in [-0.39, 0.29) is 36.4 Å². The zero-order valence-electron chi connectivity index (χ0n) is 26.2. The fourth-order valence-electron chi connectivity index (χ4n) is 4.83. The molecule has 18 heteroatoms. The Morgan fingerprint density at radius 1 is 1.02 bits per heavy atom. The number of nitrogens with one attached hydrogen (secondary N) is 3. The van der Waals surface area contributed by atoms with Crippen molar-refractivity contribution in [2.45, 2.75) is 83.1 Å². The van der Waals surface area contributed by atoms with Crippen LogP contribution in [0.5, 0.6) is 0 Å². The Morgan fingerprint density at radius 2 is 1.69 bits per heavy atom. The van der Waals surface area contributed by atoms with E-state index < -0.39 is 40.9 Å². The Labute approximate surface area is 267 Å². The minimum atomic E-state index is -4.56. The van der Waals surface area contributed by atoms with Crippen molar-refractivity contribution in [1.29, 1.82) is 0 Å². The van der Waals surface area contributed by atoms with Gasteiger partial charge in [0.05, 0.1) is 18.7 Å². The number of carbonyl (C=O) groups is 3. The lowest BCUT2D eigenvalue weighted by Gasteiger charge is -2.29. The summed E-state index contributed by atoms with van der Waals surface area (Å²) >= 11 is 0. The first-order valence-electron chi connectivity index (χ1n) is 15.5. The Bertz CT molecular complexity index is 1060. The van der Waals surface area contributed by atoms with Crippen molar-refractivity contribution in [3.8, 4) is 0 Å². The number of nitrogens with zero attached hydrogens (tertiary/aromatic N) is 3. The van der Waals surface area contributed by atoms with Crippen LogP contribution in [0.1, 0.15) is 82.1 Å². The standard InChI is InChI=1S/C27H49BN6O9P2/c1-21(2)18-23(32-25(36)20-31-26(37)22-19-29-11-12-30-22)28-42-16-8-14-34(15-9-17-43-28)13-7-5-3-4-6-10-24(35)33-27(44-38)45(39,40)41/h11-12,19,21,23,27,38,44H,3-10,13-18,20H2,1-2H3,(H,31,37)(H,32,36)(H,33,35)(H2,39,40,41). The van der Waals surface area contributed by atoms with E-state index in [1.165, 1.54) is 18.6 Å². The van der Waals surface area contributed by atoms with E-state index >= 15 is 0 Å². The Kier molecular flexibility index (Phi) is 18.9. The summed E-state index contributed by atoms with van der Waals surface area (Å²) < 4.78 is 23.4. The van der Waals surface area contributed by atoms with Gasteiger partial charge in [-0.25, -0.2) is 4.98 Å². The highest BCUT2D eigenvalue weighted by Crippen LogP contribution is 2.46. The summed E-state index contributed by atoms with van der Waals surface area (Å²) in [7, 11) is -6.21. The summed E-state index contributed by atoms with van der Waals surface area (Å²) in [5.74, 6) is -1.37. The molecule has 2 rings (SSSR count). The van der Waals surface area contributed by atoms with Crippen molar-refractivity contribution in [3.05, 3.63) is 24.3 Å². The van der Waals surface area contributed by atoms with Crippen LogP contribution in [0, 0.1) is 5.92 Å². The maximum Gasteiger partial charge on any atom is 0.480 e. The topological polar surface area (TPSA) is 213 Å². The van der Waals surface area contributed by atoms with E-state index in [1.54, 1.807) is 0 Å². The van der Waals surface area contributed by atoms with Crippen molar-refractivity contribution >= 4 is 41.2 Å². The first-order chi connectivity index (χ1) is 21.5. The van der Waals surface area contributed by atoms with Crippen LogP contribution in [0.15, 0.2) is 18.6 Å². The molecule has 1 aliphatic heterocycles. The molecule has 15 nitrogen and oxygen atoms in total. The number of carbonyl (C=O) groups excluding carboxylic acids is 3. The number of unbranched alkanes of at least 4 members (excludes halogenated alkanes) is 4. The van der Waals surface area contributed by atoms with Crippen molar-refractivity contribution in [3.63, 3.8) is 0 Å². The maximum atomic E-state index is 12.7. The van der Waals surface area contributed by atoms with E-state index in [0.717, 1.165) is 58.2 Å². The lowest BCUT2D eigenvalue weighted by Crippen LogP contribution is -2.52. The predicted molar refractivity (Wildman–Crippen MR) is 171 cm³/mol. The zero-order valence-corrected chi connectivity index (χ0v) is 28.1. The number of amides is 3. The molecule has 0 radical (unpaired) electrons. The fourth-order valence-corrected chi connectivity index (χ4v) is 5.97. The van der Waals surface area contributed by atoms with E-state index in [2.05, 4.69) is 44.7 Å². The second-order valence-corrected chi connectivity index (χ2v) is 14.5. The number of rotatable bonds is 18. The van der Waals surface area contributed by atoms with Gasteiger partial charge in [-0.3, -0.25) is 23.9 Å². The average molecular weight is 674 g/mol. The molecule has 1 aromatic rings. The van der Waals surface area contributed by atoms with Crippen LogP contribution < -0.4 is 16.0 Å². The molecule has 0 aliphatic carbocycles. The molecule has 6 N–H and O–H groups in total. The summed E-state index contributed by atoms with van der Waals surface area (Å²) in [6.45, 7) is 7.60. The SMILES string of the molecule is CC(C)CC(NC(=O)CNC(=O)c1cnccn1)B1OCCCN(CCCCCCCC(=O)NC(PO)P(=O)(O)O)CCCO1. The largest absolute Gasteiger partial charge is 0.480 e. The third kappa shape index (κ3) is 16.9. The van der Waals surface area contributed by atoms with Gasteiger partial charge in [0.25, 0.3) is 5.91 Å². The third-order valence-corrected chi connectivity index (χ3v) is 9.59. The molecule has 1 aromatic heterocycles. The minimum Gasteiger partial charge on any atom is -0.410 e. The predicted octanol–water partition coefficient (Wildman–Crippen LogP) is 1.40. The second kappa shape index (κ2) is 21.7. The van der Waals surface area contributed by atoms with Gasteiger partial charge in [-0.05, 0) is 44.6 Å². The minimum absolute atomic E-state index is 0.136. The fraction of sp³-hybridized carbons (Fsp3) is 0.741. The molecule has 0 spiro atoms. The molecule has 0 saturated carbocycles. The van der Waals surface area contributed by atoms with Crippen LogP contribution in [0.2, 0.25) is 0 Å². The Balaban J connectivity index is 1.67. The molecule has 0 aromatic carbocycles. The molecular formula is C27H49BN6O9P2. The Hall–Kier alpha value is -2.03. The molecule has 3 unspecified atom stereocenters. The molecule has 1 aliphatic rings. The second-order valence-electron chi connectivity index (χ2n) is 11.4. The summed E-state index contributed by atoms with van der Waals surface area (Å²) in [6, 6.07) is 0. The van der Waals surface area contributed by atoms with Crippen molar-refractivity contribution in [2.75, 3.05) is 39.4 Å². The summed E-state index contributed by atoms with van der Waals surface area (Å²) in [6.07, 6.45) is 11.1. The van der Waals surface area contributed by atoms with Crippen molar-refractivity contribution in [1.82, 2.24) is 30.8 Å². The molecule has 254 valence electrons. The Morgan fingerprint density at radius 3 is 2.29 bits per heavy atom. The van der Waals surface area contributed by atoms with Crippen molar-refractivity contribution < 1.29 is 42.9 Å². The van der Waals surface area contributed by atoms with Crippen LogP contribution >= 0.6 is 16.4 Å². The summed E-state index contributed by atoms with van der Waals surface area (Å²) in [5.41, 5.74) is -1.39. The van der Waals surface area contributed by atoms with Gasteiger partial charge in [-0.2, -0.15) is 0 Å². The molecule has 2 heterocycles. The van der Waals surface area contributed by atoms with Crippen LogP contribution in [-0.4, -0.2) is 105 Å². The van der Waals surface area contributed by atoms with Crippen LogP contribution in [0.25, 0.3) is 0 Å². The van der Waals surface area contributed by atoms with Gasteiger partial charge in [0.1, 0.15) is 5.69 Å². The monoisotopic (exact) mass is 674 g/mol. The highest BCUT2D eigenvalue weighted by atomic mass is 31.2. The van der Waals surface area contributed by atoms with E-state index in [9.17, 15) is 18.9 Å². The quantitative estimate of drug-likeness (QED) is 0.0741. The number of hydrogen-bond acceptors (Lipinski definition) is 10. The molecular weight excluding hydrogens is 625 g/mol. The van der Waals surface area contributed by atoms with Crippen LogP contribution in [-0.2, 0) is 23.5 Å². The van der Waals surface area contributed by atoms with Gasteiger partial charge < -0.3 is 44.8 Å². The third-order valence-electron chi connectivity index (χ3n) is 7.04. The van der Waals surface area contributed by atoms with Gasteiger partial charge >= 0.3 is 14.7 Å². The van der Waals surface area contributed by atoms with Gasteiger partial charge in [0.2, 0.25) is 11.8 Å². The van der Waals surface area contributed by atoms with Crippen LogP contribution in [0.3, 0.4) is 0 Å². The van der Waals surface area contributed by atoms with E-state index in [1.807, 2.05) is 0 Å². The van der Waals surface area contributed by atoms with Gasteiger partial charge in [0, 0.05) is 53.9 Å². The molecule has 45 heavy (non-hydrogen) atoms. The smallest absolute Gasteiger partial charge is 0.410 e. The first-order valence-corrected chi connectivity index (χ1v) is 18.2. The average Bonchev–Trinajstić information content (AvgIpc) is 3.00. The zero-order chi connectivity index (χ0) is 33.1. The number of hydrogen-bond donors (Lipinski definition) is 6. The van der Waals surface area contributed by atoms with E-state index in [4.69, 9.17) is 24.0 Å². The van der Waals surface area contributed by atoms with E-state index in [0.29, 0.717) is 26.1 Å². The maximum absolute atomic E-state index is 12.7. The molecule has 3 amide bonds. The number of aromatic nitrogens is 2. The lowest BCUT2D eigenvalue weighted by atomic mass is 9.73. The lowest BCUT2D eigenvalue weighted by molar-refractivity contribution is -0.121. The highest BCUT2D eigenvalue weighted by Gasteiger charge is 2.33. The summed E-state index contributed by atoms with van der Waals surface area (Å²) in [5, 5.41) is 7.75. The highest BCUT2D eigenvalue weighted by molar-refractivity contribution is 7.63. The summed E-state index contributed by atoms with van der Waals surface area (Å²) in [4.78, 5) is 74.3.